The molecule has 1 N–H and O–H groups in total. The van der Waals surface area contributed by atoms with Gasteiger partial charge in [0.2, 0.25) is 0 Å². The summed E-state index contributed by atoms with van der Waals surface area (Å²) in [5, 5.41) is 3.44. The summed E-state index contributed by atoms with van der Waals surface area (Å²) >= 11 is 0. The Balaban J connectivity index is 1.86. The average Bonchev–Trinajstić information content (AvgIpc) is 3.23. The number of ether oxygens (including phenoxy) is 1. The topological polar surface area (TPSA) is 40.1 Å². The number of hydrogen-bond acceptors (Lipinski definition) is 3. The first-order valence-corrected chi connectivity index (χ1v) is 8.39. The van der Waals surface area contributed by atoms with Crippen LogP contribution in [0.1, 0.15) is 33.1 Å². The van der Waals surface area contributed by atoms with Gasteiger partial charge >= 0.3 is 0 Å². The number of likely N-dealkylation sites (N-methyl/N-ethyl adjacent to an activating group) is 1. The van der Waals surface area contributed by atoms with E-state index in [4.69, 9.17) is 9.73 Å². The van der Waals surface area contributed by atoms with Crippen LogP contribution in [0.2, 0.25) is 0 Å². The monoisotopic (exact) mass is 296 g/mol. The zero-order chi connectivity index (χ0) is 15.2. The van der Waals surface area contributed by atoms with Gasteiger partial charge in [-0.3, -0.25) is 9.89 Å². The second-order valence-corrected chi connectivity index (χ2v) is 6.50. The van der Waals surface area contributed by atoms with Gasteiger partial charge in [0, 0.05) is 44.7 Å². The highest BCUT2D eigenvalue weighted by Gasteiger charge is 2.29. The molecule has 0 bridgehead atoms. The van der Waals surface area contributed by atoms with E-state index in [0.717, 1.165) is 44.8 Å². The zero-order valence-corrected chi connectivity index (χ0v) is 14.1. The first kappa shape index (κ1) is 16.6. The Labute approximate surface area is 129 Å². The minimum absolute atomic E-state index is 0.517. The van der Waals surface area contributed by atoms with Crippen molar-refractivity contribution in [1.29, 1.82) is 0 Å². The predicted octanol–water partition coefficient (Wildman–Crippen LogP) is 1.40. The summed E-state index contributed by atoms with van der Waals surface area (Å²) in [7, 11) is 4.02. The molecule has 5 heteroatoms. The van der Waals surface area contributed by atoms with E-state index < -0.39 is 0 Å². The number of methoxy groups -OCH3 is 1. The van der Waals surface area contributed by atoms with Crippen LogP contribution in [0.25, 0.3) is 0 Å². The molecule has 1 saturated carbocycles. The van der Waals surface area contributed by atoms with Gasteiger partial charge in [-0.1, -0.05) is 0 Å². The summed E-state index contributed by atoms with van der Waals surface area (Å²) in [6.45, 7) is 9.23. The first-order valence-electron chi connectivity index (χ1n) is 8.39. The maximum Gasteiger partial charge on any atom is 0.193 e. The Morgan fingerprint density at radius 2 is 2.19 bits per heavy atom. The number of likely N-dealkylation sites (tertiary alicyclic amines) is 1. The van der Waals surface area contributed by atoms with Crippen molar-refractivity contribution in [2.45, 2.75) is 45.2 Å². The van der Waals surface area contributed by atoms with Gasteiger partial charge < -0.3 is 15.0 Å². The molecule has 5 nitrogen and oxygen atoms in total. The number of guanidine groups is 1. The van der Waals surface area contributed by atoms with Crippen LogP contribution in [0, 0.1) is 5.92 Å². The molecule has 0 aromatic heterocycles. The minimum atomic E-state index is 0.517. The van der Waals surface area contributed by atoms with Gasteiger partial charge in [0.05, 0.1) is 13.2 Å². The van der Waals surface area contributed by atoms with E-state index in [1.165, 1.54) is 19.3 Å². The molecule has 1 aliphatic heterocycles. The molecule has 2 fully saturated rings. The third-order valence-electron chi connectivity index (χ3n) is 4.65. The Kier molecular flexibility index (Phi) is 6.30. The lowest BCUT2D eigenvalue weighted by atomic mass is 10.1. The number of aliphatic imine (C=N–C) groups is 1. The fraction of sp³-hybridized carbons (Fsp3) is 0.938. The summed E-state index contributed by atoms with van der Waals surface area (Å²) in [4.78, 5) is 9.73. The highest BCUT2D eigenvalue weighted by Crippen LogP contribution is 2.27. The summed E-state index contributed by atoms with van der Waals surface area (Å²) in [5.74, 6) is 1.72. The normalized spacial score (nSPS) is 24.7. The maximum atomic E-state index is 5.28. The average molecular weight is 296 g/mol. The Morgan fingerprint density at radius 3 is 2.81 bits per heavy atom. The van der Waals surface area contributed by atoms with Gasteiger partial charge in [-0.05, 0) is 40.2 Å². The van der Waals surface area contributed by atoms with Crippen LogP contribution in [0.4, 0.5) is 0 Å². The molecule has 2 rings (SSSR count). The molecule has 0 aromatic rings. The summed E-state index contributed by atoms with van der Waals surface area (Å²) < 4.78 is 5.28. The molecule has 1 aliphatic carbocycles. The van der Waals surface area contributed by atoms with E-state index in [0.29, 0.717) is 12.0 Å². The third-order valence-corrected chi connectivity index (χ3v) is 4.65. The van der Waals surface area contributed by atoms with Crippen molar-refractivity contribution in [1.82, 2.24) is 15.1 Å². The molecule has 21 heavy (non-hydrogen) atoms. The maximum absolute atomic E-state index is 5.28. The number of hydrogen-bond donors (Lipinski definition) is 1. The highest BCUT2D eigenvalue weighted by atomic mass is 16.5. The number of nitrogens with one attached hydrogen (secondary N) is 1. The first-order chi connectivity index (χ1) is 10.2. The van der Waals surface area contributed by atoms with Crippen LogP contribution >= 0.6 is 0 Å². The summed E-state index contributed by atoms with van der Waals surface area (Å²) in [5.41, 5.74) is 0. The standard InChI is InChI=1S/C16H32N4O/c1-5-17-16(20-9-8-14(11-20)12-21-4)18-10-13(2)19(3)15-6-7-15/h13-15H,5-12H2,1-4H3,(H,17,18). The lowest BCUT2D eigenvalue weighted by molar-refractivity contribution is 0.157. The summed E-state index contributed by atoms with van der Waals surface area (Å²) in [6, 6.07) is 1.32. The molecule has 0 radical (unpaired) electrons. The van der Waals surface area contributed by atoms with Crippen molar-refractivity contribution in [2.24, 2.45) is 10.9 Å². The van der Waals surface area contributed by atoms with Crippen LogP contribution < -0.4 is 5.32 Å². The molecule has 2 aliphatic rings. The van der Waals surface area contributed by atoms with Crippen LogP contribution in [0.3, 0.4) is 0 Å². The Bertz CT molecular complexity index is 343. The van der Waals surface area contributed by atoms with Crippen molar-refractivity contribution in [3.8, 4) is 0 Å². The fourth-order valence-electron chi connectivity index (χ4n) is 3.01. The zero-order valence-electron chi connectivity index (χ0n) is 14.1. The van der Waals surface area contributed by atoms with Crippen LogP contribution in [-0.4, -0.2) is 74.8 Å². The Morgan fingerprint density at radius 1 is 1.43 bits per heavy atom. The number of nitrogens with zero attached hydrogens (tertiary/aromatic N) is 3. The van der Waals surface area contributed by atoms with Gasteiger partial charge in [0.25, 0.3) is 0 Å². The van der Waals surface area contributed by atoms with Crippen molar-refractivity contribution in [3.63, 3.8) is 0 Å². The predicted molar refractivity (Wildman–Crippen MR) is 87.8 cm³/mol. The second kappa shape index (κ2) is 7.99. The van der Waals surface area contributed by atoms with E-state index in [-0.39, 0.29) is 0 Å². The number of rotatable bonds is 7. The van der Waals surface area contributed by atoms with E-state index >= 15 is 0 Å². The van der Waals surface area contributed by atoms with Gasteiger partial charge in [-0.15, -0.1) is 0 Å². The van der Waals surface area contributed by atoms with Crippen molar-refractivity contribution >= 4 is 5.96 Å². The Hall–Kier alpha value is -0.810. The molecule has 2 unspecified atom stereocenters. The molecular weight excluding hydrogens is 264 g/mol. The van der Waals surface area contributed by atoms with Gasteiger partial charge in [0.1, 0.15) is 0 Å². The smallest absolute Gasteiger partial charge is 0.193 e. The van der Waals surface area contributed by atoms with E-state index in [1.807, 2.05) is 0 Å². The van der Waals surface area contributed by atoms with Crippen LogP contribution in [0.15, 0.2) is 4.99 Å². The lowest BCUT2D eigenvalue weighted by Crippen LogP contribution is -2.41. The minimum Gasteiger partial charge on any atom is -0.384 e. The molecule has 1 heterocycles. The fourth-order valence-corrected chi connectivity index (χ4v) is 3.01. The second-order valence-electron chi connectivity index (χ2n) is 6.50. The van der Waals surface area contributed by atoms with Gasteiger partial charge in [-0.25, -0.2) is 0 Å². The SMILES string of the molecule is CCNC(=NCC(C)N(C)C1CC1)N1CCC(COC)C1. The lowest BCUT2D eigenvalue weighted by Gasteiger charge is -2.25. The highest BCUT2D eigenvalue weighted by molar-refractivity contribution is 5.80. The van der Waals surface area contributed by atoms with Crippen LogP contribution in [-0.2, 0) is 4.74 Å². The molecular formula is C16H32N4O. The van der Waals surface area contributed by atoms with E-state index in [1.54, 1.807) is 7.11 Å². The largest absolute Gasteiger partial charge is 0.384 e. The quantitative estimate of drug-likeness (QED) is 0.569. The van der Waals surface area contributed by atoms with Crippen molar-refractivity contribution in [2.75, 3.05) is 46.9 Å². The third kappa shape index (κ3) is 4.85. The van der Waals surface area contributed by atoms with E-state index in [9.17, 15) is 0 Å². The molecule has 0 spiro atoms. The van der Waals surface area contributed by atoms with E-state index in [2.05, 4.69) is 36.0 Å². The molecule has 1 saturated heterocycles. The van der Waals surface area contributed by atoms with Gasteiger partial charge in [-0.2, -0.15) is 0 Å². The molecule has 2 atom stereocenters. The molecule has 122 valence electrons. The van der Waals surface area contributed by atoms with Crippen molar-refractivity contribution in [3.05, 3.63) is 0 Å². The molecule has 0 amide bonds. The van der Waals surface area contributed by atoms with Gasteiger partial charge in [0.15, 0.2) is 5.96 Å². The summed E-state index contributed by atoms with van der Waals surface area (Å²) in [6.07, 6.45) is 3.92. The molecule has 0 aromatic carbocycles. The van der Waals surface area contributed by atoms with Crippen molar-refractivity contribution < 1.29 is 4.74 Å². The van der Waals surface area contributed by atoms with Crippen LogP contribution in [0.5, 0.6) is 0 Å².